The van der Waals surface area contributed by atoms with E-state index in [1.54, 1.807) is 31.7 Å². The number of nitrogens with one attached hydrogen (secondary N) is 1. The third-order valence-electron chi connectivity index (χ3n) is 9.30. The minimum Gasteiger partial charge on any atom is -0.493 e. The molecule has 10 nitrogen and oxygen atoms in total. The summed E-state index contributed by atoms with van der Waals surface area (Å²) in [5, 5.41) is 5.48. The van der Waals surface area contributed by atoms with Crippen molar-refractivity contribution in [2.24, 2.45) is 0 Å². The minimum atomic E-state index is -0.591. The number of methoxy groups -OCH3 is 2. The van der Waals surface area contributed by atoms with Crippen molar-refractivity contribution in [1.82, 2.24) is 20.1 Å². The molecule has 2 atom stereocenters. The standard InChI is InChI=1S/C37H41N5O5S/c1-24(26-10-6-5-7-11-26)40-18-20-41(21-19-40)31-13-8-12-28-34(31)37(45)42(36(28)44)30(27-15-16-32(46-3)33(22-27)47-4)14-9-17-38-35(43)29-23-48-25(2)39-29/h5-8,10-13,15-16,22-24,30H,9,14,17-21H2,1-4H3,(H,38,43)/t24?,30-/m1/s1. The Morgan fingerprint density at radius 2 is 1.67 bits per heavy atom. The number of hydrogen-bond donors (Lipinski definition) is 1. The monoisotopic (exact) mass is 667 g/mol. The van der Waals surface area contributed by atoms with Gasteiger partial charge in [-0.25, -0.2) is 4.98 Å². The zero-order chi connectivity index (χ0) is 33.8. The number of imide groups is 1. The maximum absolute atomic E-state index is 14.4. The number of fused-ring (bicyclic) bond motifs is 1. The SMILES string of the molecule is COc1ccc([C@@H](CCCNC(=O)c2csc(C)n2)N2C(=O)c3cccc(N4CCN(C(C)c5ccccc5)CC4)c3C2=O)cc1OC. The summed E-state index contributed by atoms with van der Waals surface area (Å²) in [5.41, 5.74) is 4.06. The largest absolute Gasteiger partial charge is 0.493 e. The molecule has 48 heavy (non-hydrogen) atoms. The van der Waals surface area contributed by atoms with E-state index in [1.165, 1.54) is 21.8 Å². The number of amides is 3. The maximum Gasteiger partial charge on any atom is 0.270 e. The number of ether oxygens (including phenoxy) is 2. The van der Waals surface area contributed by atoms with E-state index < -0.39 is 6.04 Å². The van der Waals surface area contributed by atoms with Crippen LogP contribution in [0.4, 0.5) is 5.69 Å². The zero-order valence-electron chi connectivity index (χ0n) is 27.8. The number of piperazine rings is 1. The second kappa shape index (κ2) is 14.6. The molecule has 0 saturated carbocycles. The highest BCUT2D eigenvalue weighted by Gasteiger charge is 2.43. The maximum atomic E-state index is 14.4. The van der Waals surface area contributed by atoms with E-state index in [0.29, 0.717) is 47.7 Å². The smallest absolute Gasteiger partial charge is 0.270 e. The van der Waals surface area contributed by atoms with Gasteiger partial charge in [-0.05, 0) is 62.1 Å². The average molecular weight is 668 g/mol. The molecule has 6 rings (SSSR count). The van der Waals surface area contributed by atoms with E-state index in [1.807, 2.05) is 37.3 Å². The lowest BCUT2D eigenvalue weighted by atomic mass is 9.99. The summed E-state index contributed by atoms with van der Waals surface area (Å²) < 4.78 is 11.0. The Labute approximate surface area is 285 Å². The van der Waals surface area contributed by atoms with Gasteiger partial charge in [0.1, 0.15) is 5.69 Å². The molecule has 11 heteroatoms. The molecule has 4 aromatic rings. The topological polar surface area (TPSA) is 104 Å². The van der Waals surface area contributed by atoms with Gasteiger partial charge in [0.2, 0.25) is 0 Å². The highest BCUT2D eigenvalue weighted by atomic mass is 32.1. The van der Waals surface area contributed by atoms with Crippen molar-refractivity contribution in [2.75, 3.05) is 51.8 Å². The van der Waals surface area contributed by atoms with Crippen LogP contribution in [-0.4, -0.2) is 79.4 Å². The predicted octanol–water partition coefficient (Wildman–Crippen LogP) is 5.90. The molecule has 1 unspecified atom stereocenters. The second-order valence-electron chi connectivity index (χ2n) is 12.1. The van der Waals surface area contributed by atoms with Crippen molar-refractivity contribution < 1.29 is 23.9 Å². The third kappa shape index (κ3) is 6.65. The lowest BCUT2D eigenvalue weighted by Gasteiger charge is -2.39. The van der Waals surface area contributed by atoms with Crippen LogP contribution in [0.2, 0.25) is 0 Å². The van der Waals surface area contributed by atoms with Crippen molar-refractivity contribution in [2.45, 2.75) is 38.8 Å². The van der Waals surface area contributed by atoms with Gasteiger partial charge >= 0.3 is 0 Å². The Balaban J connectivity index is 1.22. The molecule has 3 amide bonds. The number of aromatic nitrogens is 1. The molecule has 2 aliphatic heterocycles. The van der Waals surface area contributed by atoms with E-state index >= 15 is 0 Å². The lowest BCUT2D eigenvalue weighted by Crippen LogP contribution is -2.47. The first-order chi connectivity index (χ1) is 23.3. The van der Waals surface area contributed by atoms with Gasteiger partial charge in [0, 0.05) is 44.1 Å². The van der Waals surface area contributed by atoms with Crippen LogP contribution >= 0.6 is 11.3 Å². The highest BCUT2D eigenvalue weighted by Crippen LogP contribution is 2.40. The molecule has 0 radical (unpaired) electrons. The number of anilines is 1. The Hall–Kier alpha value is -4.74. The number of hydrogen-bond acceptors (Lipinski definition) is 9. The average Bonchev–Trinajstić information content (AvgIpc) is 3.68. The van der Waals surface area contributed by atoms with Gasteiger partial charge in [0.25, 0.3) is 17.7 Å². The fourth-order valence-corrected chi connectivity index (χ4v) is 7.28. The molecule has 1 N–H and O–H groups in total. The molecule has 1 fully saturated rings. The molecular weight excluding hydrogens is 627 g/mol. The molecule has 250 valence electrons. The molecule has 3 aromatic carbocycles. The van der Waals surface area contributed by atoms with E-state index in [4.69, 9.17) is 9.47 Å². The van der Waals surface area contributed by atoms with Gasteiger partial charge in [0.15, 0.2) is 11.5 Å². The Morgan fingerprint density at radius 1 is 0.917 bits per heavy atom. The summed E-state index contributed by atoms with van der Waals surface area (Å²) in [6, 6.07) is 21.2. The van der Waals surface area contributed by atoms with Crippen LogP contribution in [-0.2, 0) is 0 Å². The summed E-state index contributed by atoms with van der Waals surface area (Å²) in [7, 11) is 3.12. The Bertz CT molecular complexity index is 1790. The number of benzene rings is 3. The highest BCUT2D eigenvalue weighted by molar-refractivity contribution is 7.09. The first-order valence-electron chi connectivity index (χ1n) is 16.3. The molecule has 0 bridgehead atoms. The molecule has 0 spiro atoms. The molecule has 2 aliphatic rings. The summed E-state index contributed by atoms with van der Waals surface area (Å²) in [6.45, 7) is 7.61. The fraction of sp³-hybridized carbons (Fsp3) is 0.351. The van der Waals surface area contributed by atoms with E-state index in [9.17, 15) is 14.4 Å². The number of thiazole rings is 1. The van der Waals surface area contributed by atoms with Crippen LogP contribution in [0.25, 0.3) is 0 Å². The fourth-order valence-electron chi connectivity index (χ4n) is 6.69. The molecular formula is C37H41N5O5S. The third-order valence-corrected chi connectivity index (χ3v) is 10.1. The summed E-state index contributed by atoms with van der Waals surface area (Å²) >= 11 is 1.42. The van der Waals surface area contributed by atoms with Gasteiger partial charge in [-0.1, -0.05) is 42.5 Å². The van der Waals surface area contributed by atoms with Gasteiger partial charge in [-0.15, -0.1) is 11.3 Å². The van der Waals surface area contributed by atoms with E-state index in [2.05, 4.69) is 51.3 Å². The van der Waals surface area contributed by atoms with Crippen molar-refractivity contribution in [1.29, 1.82) is 0 Å². The molecule has 0 aliphatic carbocycles. The van der Waals surface area contributed by atoms with Crippen LogP contribution in [0.1, 0.15) is 79.2 Å². The predicted molar refractivity (Wildman–Crippen MR) is 186 cm³/mol. The number of rotatable bonds is 12. The van der Waals surface area contributed by atoms with Crippen molar-refractivity contribution in [3.8, 4) is 11.5 Å². The van der Waals surface area contributed by atoms with Crippen LogP contribution < -0.4 is 19.7 Å². The first-order valence-corrected chi connectivity index (χ1v) is 17.2. The van der Waals surface area contributed by atoms with Gasteiger partial charge in [-0.3, -0.25) is 24.2 Å². The number of carbonyl (C=O) groups is 3. The van der Waals surface area contributed by atoms with Gasteiger partial charge in [0.05, 0.1) is 42.1 Å². The quantitative estimate of drug-likeness (QED) is 0.147. The minimum absolute atomic E-state index is 0.245. The van der Waals surface area contributed by atoms with Crippen molar-refractivity contribution in [3.63, 3.8) is 0 Å². The Morgan fingerprint density at radius 3 is 2.35 bits per heavy atom. The van der Waals surface area contributed by atoms with Crippen LogP contribution in [0.5, 0.6) is 11.5 Å². The Kier molecular flexibility index (Phi) is 10.1. The van der Waals surface area contributed by atoms with Gasteiger partial charge in [-0.2, -0.15) is 0 Å². The van der Waals surface area contributed by atoms with Gasteiger partial charge < -0.3 is 19.7 Å². The molecule has 1 saturated heterocycles. The second-order valence-corrected chi connectivity index (χ2v) is 13.1. The molecule has 3 heterocycles. The first kappa shape index (κ1) is 33.2. The molecule has 1 aromatic heterocycles. The van der Waals surface area contributed by atoms with Crippen LogP contribution in [0, 0.1) is 6.92 Å². The van der Waals surface area contributed by atoms with E-state index in [0.717, 1.165) is 42.4 Å². The van der Waals surface area contributed by atoms with Crippen LogP contribution in [0.3, 0.4) is 0 Å². The van der Waals surface area contributed by atoms with E-state index in [-0.39, 0.29) is 23.8 Å². The normalized spacial score (nSPS) is 16.1. The number of aryl methyl sites for hydroxylation is 1. The number of carbonyl (C=O) groups excluding carboxylic acids is 3. The van der Waals surface area contributed by atoms with Crippen molar-refractivity contribution in [3.05, 3.63) is 105 Å². The lowest BCUT2D eigenvalue weighted by molar-refractivity contribution is 0.0570. The van der Waals surface area contributed by atoms with Crippen LogP contribution in [0.15, 0.2) is 72.1 Å². The number of nitrogens with zero attached hydrogens (tertiary/aromatic N) is 4. The van der Waals surface area contributed by atoms with Crippen molar-refractivity contribution >= 4 is 34.7 Å². The summed E-state index contributed by atoms with van der Waals surface area (Å²) in [4.78, 5) is 51.4. The summed E-state index contributed by atoms with van der Waals surface area (Å²) in [6.07, 6.45) is 0.957. The summed E-state index contributed by atoms with van der Waals surface area (Å²) in [5.74, 6) is 0.177. The zero-order valence-corrected chi connectivity index (χ0v) is 28.6.